The van der Waals surface area contributed by atoms with Crippen molar-refractivity contribution >= 4 is 5.69 Å². The number of ether oxygens (including phenoxy) is 1. The Bertz CT molecular complexity index is 458. The van der Waals surface area contributed by atoms with Gasteiger partial charge in [0, 0.05) is 6.54 Å². The summed E-state index contributed by atoms with van der Waals surface area (Å²) in [5.41, 5.74) is 2.55. The van der Waals surface area contributed by atoms with E-state index in [2.05, 4.69) is 49.3 Å². The number of fused-ring (bicyclic) bond motifs is 1. The number of hydrogen-bond donors (Lipinski definition) is 1. The van der Waals surface area contributed by atoms with Crippen LogP contribution in [-0.4, -0.2) is 37.7 Å². The number of anilines is 1. The maximum Gasteiger partial charge on any atom is 0.142 e. The zero-order valence-electron chi connectivity index (χ0n) is 12.1. The maximum absolute atomic E-state index is 5.94. The second-order valence-electron chi connectivity index (χ2n) is 6.28. The fourth-order valence-electron chi connectivity index (χ4n) is 3.12. The van der Waals surface area contributed by atoms with Gasteiger partial charge in [0.15, 0.2) is 0 Å². The first-order valence-corrected chi connectivity index (χ1v) is 7.35. The van der Waals surface area contributed by atoms with E-state index in [-0.39, 0.29) is 0 Å². The van der Waals surface area contributed by atoms with Crippen molar-refractivity contribution < 1.29 is 4.74 Å². The highest BCUT2D eigenvalue weighted by Crippen LogP contribution is 2.34. The summed E-state index contributed by atoms with van der Waals surface area (Å²) < 4.78 is 5.94. The van der Waals surface area contributed by atoms with Crippen molar-refractivity contribution in [2.45, 2.75) is 32.2 Å². The Labute approximate surface area is 115 Å². The van der Waals surface area contributed by atoms with Gasteiger partial charge in [0.2, 0.25) is 0 Å². The van der Waals surface area contributed by atoms with Crippen molar-refractivity contribution in [1.29, 1.82) is 0 Å². The Kier molecular flexibility index (Phi) is 3.40. The third-order valence-corrected chi connectivity index (χ3v) is 4.43. The zero-order valence-corrected chi connectivity index (χ0v) is 12.1. The predicted molar refractivity (Wildman–Crippen MR) is 79.0 cm³/mol. The monoisotopic (exact) mass is 260 g/mol. The van der Waals surface area contributed by atoms with E-state index >= 15 is 0 Å². The number of hydrogen-bond acceptors (Lipinski definition) is 3. The lowest BCUT2D eigenvalue weighted by atomic mass is 9.96. The number of nitrogens with one attached hydrogen (secondary N) is 1. The first-order valence-electron chi connectivity index (χ1n) is 7.35. The second kappa shape index (κ2) is 5.04. The van der Waals surface area contributed by atoms with Crippen LogP contribution in [0.2, 0.25) is 0 Å². The summed E-state index contributed by atoms with van der Waals surface area (Å²) in [5, 5.41) is 3.70. The molecule has 0 aromatic heterocycles. The van der Waals surface area contributed by atoms with Crippen molar-refractivity contribution in [2.75, 3.05) is 32.1 Å². The molecule has 0 aliphatic carbocycles. The lowest BCUT2D eigenvalue weighted by Crippen LogP contribution is -2.39. The Morgan fingerprint density at radius 2 is 2.21 bits per heavy atom. The standard InChI is InChI=1S/C16H24N2O/c1-11(2)12-4-5-16-14(8-12)17-15(10-19-16)13-6-7-18(3)9-13/h4-5,8,11,13,15,17H,6-7,9-10H2,1-3H3. The molecule has 2 unspecified atom stereocenters. The van der Waals surface area contributed by atoms with Gasteiger partial charge in [0.25, 0.3) is 0 Å². The first-order chi connectivity index (χ1) is 9.13. The van der Waals surface area contributed by atoms with Crippen LogP contribution in [0.5, 0.6) is 5.75 Å². The van der Waals surface area contributed by atoms with E-state index in [9.17, 15) is 0 Å². The summed E-state index contributed by atoms with van der Waals surface area (Å²) in [6, 6.07) is 6.99. The molecule has 1 fully saturated rings. The lowest BCUT2D eigenvalue weighted by Gasteiger charge is -2.32. The largest absolute Gasteiger partial charge is 0.489 e. The summed E-state index contributed by atoms with van der Waals surface area (Å²) in [7, 11) is 2.20. The maximum atomic E-state index is 5.94. The minimum absolute atomic E-state index is 0.458. The van der Waals surface area contributed by atoms with Gasteiger partial charge in [0.1, 0.15) is 12.4 Å². The van der Waals surface area contributed by atoms with E-state index in [1.165, 1.54) is 30.8 Å². The fourth-order valence-corrected chi connectivity index (χ4v) is 3.12. The number of rotatable bonds is 2. The van der Waals surface area contributed by atoms with Gasteiger partial charge in [-0.25, -0.2) is 0 Å². The van der Waals surface area contributed by atoms with Crippen molar-refractivity contribution in [3.63, 3.8) is 0 Å². The molecular weight excluding hydrogens is 236 g/mol. The minimum Gasteiger partial charge on any atom is -0.489 e. The molecule has 0 spiro atoms. The van der Waals surface area contributed by atoms with Gasteiger partial charge in [0.05, 0.1) is 11.7 Å². The highest BCUT2D eigenvalue weighted by Gasteiger charge is 2.31. The minimum atomic E-state index is 0.458. The van der Waals surface area contributed by atoms with Crippen LogP contribution in [0.4, 0.5) is 5.69 Å². The smallest absolute Gasteiger partial charge is 0.142 e. The van der Waals surface area contributed by atoms with E-state index < -0.39 is 0 Å². The van der Waals surface area contributed by atoms with Gasteiger partial charge in [-0.15, -0.1) is 0 Å². The molecule has 2 aliphatic rings. The lowest BCUT2D eigenvalue weighted by molar-refractivity contribution is 0.244. The van der Waals surface area contributed by atoms with Crippen molar-refractivity contribution in [3.8, 4) is 5.75 Å². The Balaban J connectivity index is 1.76. The van der Waals surface area contributed by atoms with Crippen LogP contribution in [0.15, 0.2) is 18.2 Å². The van der Waals surface area contributed by atoms with Gasteiger partial charge < -0.3 is 15.0 Å². The van der Waals surface area contributed by atoms with Gasteiger partial charge >= 0.3 is 0 Å². The molecule has 3 nitrogen and oxygen atoms in total. The summed E-state index contributed by atoms with van der Waals surface area (Å²) in [4.78, 5) is 2.41. The average molecular weight is 260 g/mol. The predicted octanol–water partition coefficient (Wildman–Crippen LogP) is 2.93. The highest BCUT2D eigenvalue weighted by molar-refractivity contribution is 5.60. The van der Waals surface area contributed by atoms with Crippen molar-refractivity contribution in [2.24, 2.45) is 5.92 Å². The van der Waals surface area contributed by atoms with Crippen LogP contribution < -0.4 is 10.1 Å². The molecular formula is C16H24N2O. The summed E-state index contributed by atoms with van der Waals surface area (Å²) in [5.74, 6) is 2.28. The molecule has 0 radical (unpaired) electrons. The molecule has 2 atom stereocenters. The van der Waals surface area contributed by atoms with E-state index in [0.29, 0.717) is 17.9 Å². The van der Waals surface area contributed by atoms with E-state index in [4.69, 9.17) is 4.74 Å². The Morgan fingerprint density at radius 1 is 1.37 bits per heavy atom. The molecule has 3 heteroatoms. The quantitative estimate of drug-likeness (QED) is 0.885. The van der Waals surface area contributed by atoms with E-state index in [1.807, 2.05) is 0 Å². The topological polar surface area (TPSA) is 24.5 Å². The summed E-state index contributed by atoms with van der Waals surface area (Å²) >= 11 is 0. The van der Waals surface area contributed by atoms with Gasteiger partial charge in [-0.2, -0.15) is 0 Å². The summed E-state index contributed by atoms with van der Waals surface area (Å²) in [6.07, 6.45) is 1.27. The molecule has 1 N–H and O–H groups in total. The van der Waals surface area contributed by atoms with Crippen LogP contribution in [0, 0.1) is 5.92 Å². The van der Waals surface area contributed by atoms with Crippen molar-refractivity contribution in [3.05, 3.63) is 23.8 Å². The molecule has 1 aromatic carbocycles. The normalized spacial score (nSPS) is 26.9. The van der Waals surface area contributed by atoms with E-state index in [1.54, 1.807) is 0 Å². The third kappa shape index (κ3) is 2.57. The number of nitrogens with zero attached hydrogens (tertiary/aromatic N) is 1. The molecule has 1 saturated heterocycles. The average Bonchev–Trinajstić information content (AvgIpc) is 2.84. The van der Waals surface area contributed by atoms with Gasteiger partial charge in [-0.05, 0) is 49.5 Å². The molecule has 19 heavy (non-hydrogen) atoms. The van der Waals surface area contributed by atoms with Crippen LogP contribution in [0.1, 0.15) is 31.7 Å². The van der Waals surface area contributed by atoms with Gasteiger partial charge in [-0.1, -0.05) is 19.9 Å². The molecule has 2 heterocycles. The van der Waals surface area contributed by atoms with Crippen LogP contribution in [0.25, 0.3) is 0 Å². The Morgan fingerprint density at radius 3 is 2.89 bits per heavy atom. The zero-order chi connectivity index (χ0) is 13.4. The summed E-state index contributed by atoms with van der Waals surface area (Å²) in [6.45, 7) is 7.65. The number of benzene rings is 1. The SMILES string of the molecule is CC(C)c1ccc2c(c1)NC(C1CCN(C)C1)CO2. The third-order valence-electron chi connectivity index (χ3n) is 4.43. The van der Waals surface area contributed by atoms with Crippen LogP contribution >= 0.6 is 0 Å². The molecule has 0 saturated carbocycles. The fraction of sp³-hybridized carbons (Fsp3) is 0.625. The van der Waals surface area contributed by atoms with Crippen LogP contribution in [0.3, 0.4) is 0 Å². The highest BCUT2D eigenvalue weighted by atomic mass is 16.5. The Hall–Kier alpha value is -1.22. The van der Waals surface area contributed by atoms with Crippen molar-refractivity contribution in [1.82, 2.24) is 4.90 Å². The molecule has 0 bridgehead atoms. The number of likely N-dealkylation sites (tertiary alicyclic amines) is 1. The molecule has 2 aliphatic heterocycles. The molecule has 1 aromatic rings. The van der Waals surface area contributed by atoms with E-state index in [0.717, 1.165) is 12.4 Å². The first kappa shape index (κ1) is 12.8. The molecule has 3 rings (SSSR count). The van der Waals surface area contributed by atoms with Gasteiger partial charge in [-0.3, -0.25) is 0 Å². The van der Waals surface area contributed by atoms with Crippen LogP contribution in [-0.2, 0) is 0 Å². The molecule has 0 amide bonds. The molecule has 104 valence electrons. The second-order valence-corrected chi connectivity index (χ2v) is 6.28.